The minimum atomic E-state index is -0.141. The lowest BCUT2D eigenvalue weighted by molar-refractivity contribution is -0.116. The highest BCUT2D eigenvalue weighted by Crippen LogP contribution is 2.45. The average molecular weight is 401 g/mol. The summed E-state index contributed by atoms with van der Waals surface area (Å²) in [6, 6.07) is 18.8. The van der Waals surface area contributed by atoms with Crippen molar-refractivity contribution in [2.24, 2.45) is 0 Å². The number of ketones is 1. The SMILES string of the molecule is Cc1ccc(C)c(C2Nc3ccccc3NC3=C2C(=O)CC(c2cccs2)C3)c1. The van der Waals surface area contributed by atoms with Gasteiger partial charge in [0.1, 0.15) is 0 Å². The van der Waals surface area contributed by atoms with Gasteiger partial charge in [-0.05, 0) is 55.0 Å². The fourth-order valence-electron chi connectivity index (χ4n) is 4.52. The molecule has 0 bridgehead atoms. The van der Waals surface area contributed by atoms with Crippen LogP contribution in [0.1, 0.15) is 46.4 Å². The van der Waals surface area contributed by atoms with Crippen LogP contribution in [0.5, 0.6) is 0 Å². The first-order chi connectivity index (χ1) is 14.1. The number of hydrogen-bond donors (Lipinski definition) is 2. The summed E-state index contributed by atoms with van der Waals surface area (Å²) >= 11 is 1.75. The number of Topliss-reactive ketones (excluding diaryl/α,β-unsaturated/α-hetero) is 1. The molecule has 2 N–H and O–H groups in total. The van der Waals surface area contributed by atoms with Gasteiger partial charge in [0.15, 0.2) is 5.78 Å². The van der Waals surface area contributed by atoms with Crippen LogP contribution in [-0.4, -0.2) is 5.78 Å². The molecule has 4 heteroatoms. The zero-order valence-electron chi connectivity index (χ0n) is 16.7. The number of hydrogen-bond acceptors (Lipinski definition) is 4. The quantitative estimate of drug-likeness (QED) is 0.527. The van der Waals surface area contributed by atoms with Crippen molar-refractivity contribution in [3.63, 3.8) is 0 Å². The maximum Gasteiger partial charge on any atom is 0.163 e. The molecule has 0 fully saturated rings. The molecule has 0 radical (unpaired) electrons. The van der Waals surface area contributed by atoms with Gasteiger partial charge in [0.2, 0.25) is 0 Å². The number of aryl methyl sites for hydroxylation is 2. The highest BCUT2D eigenvalue weighted by atomic mass is 32.1. The zero-order chi connectivity index (χ0) is 20.0. The average Bonchev–Trinajstić information content (AvgIpc) is 3.19. The van der Waals surface area contributed by atoms with Crippen molar-refractivity contribution in [2.45, 2.75) is 38.6 Å². The van der Waals surface area contributed by atoms with Gasteiger partial charge in [-0.2, -0.15) is 0 Å². The summed E-state index contributed by atoms with van der Waals surface area (Å²) in [6.45, 7) is 4.24. The molecule has 2 heterocycles. The van der Waals surface area contributed by atoms with E-state index >= 15 is 0 Å². The number of nitrogens with one attached hydrogen (secondary N) is 2. The van der Waals surface area contributed by atoms with Crippen LogP contribution in [0.15, 0.2) is 71.2 Å². The maximum absolute atomic E-state index is 13.5. The molecule has 2 aromatic carbocycles. The monoisotopic (exact) mass is 400 g/mol. The molecule has 2 atom stereocenters. The Labute approximate surface area is 175 Å². The van der Waals surface area contributed by atoms with E-state index in [1.807, 2.05) is 12.1 Å². The maximum atomic E-state index is 13.5. The number of carbonyl (C=O) groups is 1. The van der Waals surface area contributed by atoms with Gasteiger partial charge in [-0.3, -0.25) is 4.79 Å². The Morgan fingerprint density at radius 1 is 0.966 bits per heavy atom. The molecule has 146 valence electrons. The number of allylic oxidation sites excluding steroid dienone is 1. The van der Waals surface area contributed by atoms with Crippen molar-refractivity contribution in [3.8, 4) is 0 Å². The molecule has 1 aromatic heterocycles. The third-order valence-electron chi connectivity index (χ3n) is 6.00. The van der Waals surface area contributed by atoms with Crippen molar-refractivity contribution in [3.05, 3.63) is 92.8 Å². The number of thiophene rings is 1. The number of fused-ring (bicyclic) bond motifs is 1. The predicted molar refractivity (Wildman–Crippen MR) is 121 cm³/mol. The van der Waals surface area contributed by atoms with Crippen LogP contribution in [0.2, 0.25) is 0 Å². The van der Waals surface area contributed by atoms with E-state index in [-0.39, 0.29) is 17.7 Å². The molecule has 5 rings (SSSR count). The van der Waals surface area contributed by atoms with E-state index in [1.54, 1.807) is 11.3 Å². The smallest absolute Gasteiger partial charge is 0.163 e. The second-order valence-corrected chi connectivity index (χ2v) is 9.02. The van der Waals surface area contributed by atoms with Crippen molar-refractivity contribution < 1.29 is 4.79 Å². The molecule has 0 spiro atoms. The number of para-hydroxylation sites is 2. The van der Waals surface area contributed by atoms with Gasteiger partial charge in [0.05, 0.1) is 17.4 Å². The Bertz CT molecular complexity index is 1110. The minimum absolute atomic E-state index is 0.141. The molecule has 1 aliphatic carbocycles. The molecule has 0 saturated carbocycles. The second kappa shape index (κ2) is 7.20. The molecule has 2 unspecified atom stereocenters. The number of rotatable bonds is 2. The van der Waals surface area contributed by atoms with Crippen molar-refractivity contribution in [1.29, 1.82) is 0 Å². The van der Waals surface area contributed by atoms with Gasteiger partial charge in [-0.25, -0.2) is 0 Å². The highest BCUT2D eigenvalue weighted by molar-refractivity contribution is 7.10. The number of benzene rings is 2. The zero-order valence-corrected chi connectivity index (χ0v) is 17.5. The predicted octanol–water partition coefficient (Wildman–Crippen LogP) is 6.34. The Morgan fingerprint density at radius 3 is 2.59 bits per heavy atom. The summed E-state index contributed by atoms with van der Waals surface area (Å²) in [4.78, 5) is 14.8. The van der Waals surface area contributed by atoms with Gasteiger partial charge in [-0.15, -0.1) is 11.3 Å². The van der Waals surface area contributed by atoms with Gasteiger partial charge in [-0.1, -0.05) is 42.0 Å². The number of anilines is 2. The standard InChI is InChI=1S/C25H24N2OS/c1-15-9-10-16(2)18(12-15)25-24-21(26-19-6-3-4-7-20(19)27-25)13-17(14-22(24)28)23-8-5-11-29-23/h3-12,17,25-27H,13-14H2,1-2H3. The third kappa shape index (κ3) is 3.28. The summed E-state index contributed by atoms with van der Waals surface area (Å²) < 4.78 is 0. The van der Waals surface area contributed by atoms with E-state index in [0.29, 0.717) is 6.42 Å². The Balaban J connectivity index is 1.66. The van der Waals surface area contributed by atoms with Crippen LogP contribution in [0.4, 0.5) is 11.4 Å². The minimum Gasteiger partial charge on any atom is -0.372 e. The van der Waals surface area contributed by atoms with Crippen molar-refractivity contribution in [2.75, 3.05) is 10.6 Å². The summed E-state index contributed by atoms with van der Waals surface area (Å²) in [5.74, 6) is 0.488. The van der Waals surface area contributed by atoms with E-state index in [4.69, 9.17) is 0 Å². The molecule has 3 aromatic rings. The Kier molecular flexibility index (Phi) is 4.51. The van der Waals surface area contributed by atoms with Crippen molar-refractivity contribution in [1.82, 2.24) is 0 Å². The van der Waals surface area contributed by atoms with Crippen LogP contribution in [-0.2, 0) is 4.79 Å². The van der Waals surface area contributed by atoms with Gasteiger partial charge in [0, 0.05) is 28.5 Å². The lowest BCUT2D eigenvalue weighted by atomic mass is 9.80. The lowest BCUT2D eigenvalue weighted by Crippen LogP contribution is -2.27. The van der Waals surface area contributed by atoms with Gasteiger partial charge in [0.25, 0.3) is 0 Å². The summed E-state index contributed by atoms with van der Waals surface area (Å²) in [5.41, 5.74) is 7.61. The van der Waals surface area contributed by atoms with Crippen LogP contribution in [0, 0.1) is 13.8 Å². The molecular formula is C25H24N2OS. The van der Waals surface area contributed by atoms with Crippen LogP contribution < -0.4 is 10.6 Å². The number of carbonyl (C=O) groups excluding carboxylic acids is 1. The summed E-state index contributed by atoms with van der Waals surface area (Å²) in [5, 5.41) is 9.40. The van der Waals surface area contributed by atoms with E-state index < -0.39 is 0 Å². The molecular weight excluding hydrogens is 376 g/mol. The molecule has 3 nitrogen and oxygen atoms in total. The van der Waals surface area contributed by atoms with E-state index in [9.17, 15) is 4.79 Å². The van der Waals surface area contributed by atoms with Crippen LogP contribution >= 0.6 is 11.3 Å². The van der Waals surface area contributed by atoms with E-state index in [0.717, 1.165) is 29.1 Å². The normalized spacial score (nSPS) is 21.0. The topological polar surface area (TPSA) is 41.1 Å². The van der Waals surface area contributed by atoms with Crippen molar-refractivity contribution >= 4 is 28.5 Å². The second-order valence-electron chi connectivity index (χ2n) is 8.04. The van der Waals surface area contributed by atoms with Gasteiger partial charge >= 0.3 is 0 Å². The lowest BCUT2D eigenvalue weighted by Gasteiger charge is -2.30. The summed E-state index contributed by atoms with van der Waals surface area (Å²) in [7, 11) is 0. The highest BCUT2D eigenvalue weighted by Gasteiger charge is 2.36. The Hall–Kier alpha value is -2.85. The van der Waals surface area contributed by atoms with E-state index in [1.165, 1.54) is 21.6 Å². The largest absolute Gasteiger partial charge is 0.372 e. The fraction of sp³-hybridized carbons (Fsp3) is 0.240. The molecule has 0 amide bonds. The van der Waals surface area contributed by atoms with Gasteiger partial charge < -0.3 is 10.6 Å². The van der Waals surface area contributed by atoms with Crippen LogP contribution in [0.25, 0.3) is 0 Å². The molecule has 0 saturated heterocycles. The molecule has 1 aliphatic heterocycles. The molecule has 2 aliphatic rings. The molecule has 29 heavy (non-hydrogen) atoms. The summed E-state index contributed by atoms with van der Waals surface area (Å²) in [6.07, 6.45) is 1.43. The van der Waals surface area contributed by atoms with Crippen LogP contribution in [0.3, 0.4) is 0 Å². The first-order valence-corrected chi connectivity index (χ1v) is 11.0. The third-order valence-corrected chi connectivity index (χ3v) is 7.04. The van der Waals surface area contributed by atoms with E-state index in [2.05, 4.69) is 72.3 Å². The fourth-order valence-corrected chi connectivity index (χ4v) is 5.35. The first-order valence-electron chi connectivity index (χ1n) is 10.1. The first kappa shape index (κ1) is 18.2. The Morgan fingerprint density at radius 2 is 1.79 bits per heavy atom.